The highest BCUT2D eigenvalue weighted by Gasteiger charge is 2.38. The van der Waals surface area contributed by atoms with Crippen LogP contribution in [0.15, 0.2) is 63.0 Å². The Labute approximate surface area is 240 Å². The third kappa shape index (κ3) is 5.67. The van der Waals surface area contributed by atoms with Crippen LogP contribution in [0.25, 0.3) is 6.08 Å². The molecule has 3 aromatic carbocycles. The third-order valence-corrected chi connectivity index (χ3v) is 6.69. The fraction of sp³-hybridized carbons (Fsp3) is 0.0417. The Balaban J connectivity index is 1.83. The molecule has 1 heterocycles. The Morgan fingerprint density at radius 3 is 2.38 bits per heavy atom. The number of anilines is 1. The quantitative estimate of drug-likeness (QED) is 0.134. The monoisotopic (exact) mass is 678 g/mol. The lowest BCUT2D eigenvalue weighted by Gasteiger charge is -2.27. The molecule has 0 radical (unpaired) electrons. The van der Waals surface area contributed by atoms with Crippen LogP contribution in [0.4, 0.5) is 21.9 Å². The minimum Gasteiger partial charge on any atom is -0.448 e. The molecule has 0 spiro atoms. The van der Waals surface area contributed by atoms with E-state index in [0.29, 0.717) is 10.0 Å². The number of imide groups is 2. The molecule has 1 fully saturated rings. The van der Waals surface area contributed by atoms with E-state index in [2.05, 4.69) is 37.2 Å². The van der Waals surface area contributed by atoms with Crippen LogP contribution in [0.3, 0.4) is 0 Å². The number of aryl methyl sites for hydroxylation is 1. The molecule has 0 unspecified atom stereocenters. The van der Waals surface area contributed by atoms with Crippen molar-refractivity contribution >= 4 is 84.4 Å². The van der Waals surface area contributed by atoms with E-state index in [-0.39, 0.29) is 32.2 Å². The van der Waals surface area contributed by atoms with Crippen molar-refractivity contribution in [2.24, 2.45) is 0 Å². The van der Waals surface area contributed by atoms with E-state index in [9.17, 15) is 34.6 Å². The third-order valence-electron chi connectivity index (χ3n) is 5.41. The van der Waals surface area contributed by atoms with Crippen LogP contribution in [-0.4, -0.2) is 27.7 Å². The van der Waals surface area contributed by atoms with Gasteiger partial charge < -0.3 is 4.74 Å². The standard InChI is InChI=1S/C24H13Br2ClN4O8/c1-11-2-3-14(27)9-18(11)29-23(33)16(22(32)28-24(29)34)7-12-6-13(25)8-17(26)21(12)39-20-5-4-15(30(35)36)10-19(20)31(37)38/h2-10H,1H3,(H,28,32,34)/b16-7+. The molecule has 1 N–H and O–H groups in total. The Bertz CT molecular complexity index is 1640. The number of benzene rings is 3. The van der Waals surface area contributed by atoms with Gasteiger partial charge in [0.25, 0.3) is 17.5 Å². The normalized spacial score (nSPS) is 14.4. The second-order valence-electron chi connectivity index (χ2n) is 7.96. The smallest absolute Gasteiger partial charge is 0.335 e. The molecule has 39 heavy (non-hydrogen) atoms. The first kappa shape index (κ1) is 27.9. The zero-order valence-electron chi connectivity index (χ0n) is 19.4. The minimum absolute atomic E-state index is 0.0503. The van der Waals surface area contributed by atoms with Gasteiger partial charge in [0.05, 0.1) is 26.1 Å². The van der Waals surface area contributed by atoms with Crippen LogP contribution >= 0.6 is 43.5 Å². The summed E-state index contributed by atoms with van der Waals surface area (Å²) in [4.78, 5) is 60.6. The Morgan fingerprint density at radius 2 is 1.72 bits per heavy atom. The van der Waals surface area contributed by atoms with Gasteiger partial charge >= 0.3 is 11.7 Å². The number of nitro groups is 2. The number of nitro benzene ring substituents is 2. The van der Waals surface area contributed by atoms with Crippen LogP contribution in [-0.2, 0) is 9.59 Å². The van der Waals surface area contributed by atoms with Crippen molar-refractivity contribution < 1.29 is 29.0 Å². The van der Waals surface area contributed by atoms with Crippen LogP contribution in [0.5, 0.6) is 11.5 Å². The van der Waals surface area contributed by atoms with Gasteiger partial charge in [-0.25, -0.2) is 9.69 Å². The lowest BCUT2D eigenvalue weighted by molar-refractivity contribution is -0.394. The lowest BCUT2D eigenvalue weighted by atomic mass is 10.0. The molecule has 0 saturated carbocycles. The Hall–Kier alpha value is -4.14. The number of urea groups is 1. The maximum atomic E-state index is 13.4. The average Bonchev–Trinajstić information content (AvgIpc) is 2.85. The van der Waals surface area contributed by atoms with E-state index in [0.717, 1.165) is 29.2 Å². The zero-order valence-corrected chi connectivity index (χ0v) is 23.4. The fourth-order valence-corrected chi connectivity index (χ4v) is 5.11. The average molecular weight is 681 g/mol. The number of hydrogen-bond acceptors (Lipinski definition) is 8. The molecule has 0 atom stereocenters. The molecule has 0 bridgehead atoms. The number of nitrogens with zero attached hydrogens (tertiary/aromatic N) is 3. The highest BCUT2D eigenvalue weighted by atomic mass is 79.9. The molecule has 0 aromatic heterocycles. The summed E-state index contributed by atoms with van der Waals surface area (Å²) in [5.41, 5.74) is -0.830. The van der Waals surface area contributed by atoms with Gasteiger partial charge in [-0.2, -0.15) is 0 Å². The molecule has 12 nitrogen and oxygen atoms in total. The maximum Gasteiger partial charge on any atom is 0.335 e. The number of ether oxygens (including phenoxy) is 1. The van der Waals surface area contributed by atoms with E-state index in [1.807, 2.05) is 0 Å². The summed E-state index contributed by atoms with van der Waals surface area (Å²) < 4.78 is 6.53. The van der Waals surface area contributed by atoms with Gasteiger partial charge in [-0.3, -0.25) is 35.1 Å². The summed E-state index contributed by atoms with van der Waals surface area (Å²) in [6, 6.07) is 9.46. The van der Waals surface area contributed by atoms with Gasteiger partial charge in [-0.1, -0.05) is 33.6 Å². The van der Waals surface area contributed by atoms with Crippen molar-refractivity contribution in [1.82, 2.24) is 5.32 Å². The topological polar surface area (TPSA) is 162 Å². The molecular formula is C24H13Br2ClN4O8. The number of hydrogen-bond donors (Lipinski definition) is 1. The predicted octanol–water partition coefficient (Wildman–Crippen LogP) is 6.45. The number of carbonyl (C=O) groups excluding carboxylic acids is 3. The van der Waals surface area contributed by atoms with E-state index in [4.69, 9.17) is 16.3 Å². The summed E-state index contributed by atoms with van der Waals surface area (Å²) in [5, 5.41) is 25.0. The molecule has 0 aliphatic carbocycles. The largest absolute Gasteiger partial charge is 0.448 e. The first-order chi connectivity index (χ1) is 18.4. The summed E-state index contributed by atoms with van der Waals surface area (Å²) in [7, 11) is 0. The molecule has 3 aromatic rings. The van der Waals surface area contributed by atoms with Gasteiger partial charge in [-0.05, 0) is 64.8 Å². The number of nitrogens with one attached hydrogen (secondary N) is 1. The Kier molecular flexibility index (Phi) is 7.81. The van der Waals surface area contributed by atoms with Crippen molar-refractivity contribution in [1.29, 1.82) is 0 Å². The molecular weight excluding hydrogens is 668 g/mol. The molecule has 15 heteroatoms. The molecule has 198 valence electrons. The van der Waals surface area contributed by atoms with E-state index >= 15 is 0 Å². The van der Waals surface area contributed by atoms with Crippen LogP contribution < -0.4 is 15.0 Å². The predicted molar refractivity (Wildman–Crippen MR) is 147 cm³/mol. The summed E-state index contributed by atoms with van der Waals surface area (Å²) in [6.45, 7) is 1.65. The lowest BCUT2D eigenvalue weighted by Crippen LogP contribution is -2.54. The number of non-ortho nitro benzene ring substituents is 1. The number of amides is 4. The molecule has 1 aliphatic rings. The van der Waals surface area contributed by atoms with Gasteiger partial charge in [0, 0.05) is 21.1 Å². The van der Waals surface area contributed by atoms with Crippen LogP contribution in [0.2, 0.25) is 5.02 Å². The number of carbonyl (C=O) groups is 3. The van der Waals surface area contributed by atoms with Crippen molar-refractivity contribution in [3.8, 4) is 11.5 Å². The van der Waals surface area contributed by atoms with Crippen LogP contribution in [0.1, 0.15) is 11.1 Å². The highest BCUT2D eigenvalue weighted by Crippen LogP contribution is 2.41. The van der Waals surface area contributed by atoms with E-state index in [1.165, 1.54) is 12.1 Å². The molecule has 4 amide bonds. The van der Waals surface area contributed by atoms with Gasteiger partial charge in [0.1, 0.15) is 11.3 Å². The summed E-state index contributed by atoms with van der Waals surface area (Å²) in [5.74, 6) is -2.31. The minimum atomic E-state index is -0.982. The summed E-state index contributed by atoms with van der Waals surface area (Å²) in [6.07, 6.45) is 1.15. The first-order valence-corrected chi connectivity index (χ1v) is 12.6. The second-order valence-corrected chi connectivity index (χ2v) is 10.2. The molecule has 1 aliphatic heterocycles. The Morgan fingerprint density at radius 1 is 1.00 bits per heavy atom. The number of barbiturate groups is 1. The van der Waals surface area contributed by atoms with Crippen molar-refractivity contribution in [2.75, 3.05) is 4.90 Å². The SMILES string of the molecule is Cc1ccc(Cl)cc1N1C(=O)NC(=O)/C(=C\c2cc(Br)cc(Br)c2Oc2ccc([N+](=O)[O-])cc2[N+](=O)[O-])C1=O. The van der Waals surface area contributed by atoms with Gasteiger partial charge in [-0.15, -0.1) is 0 Å². The van der Waals surface area contributed by atoms with Gasteiger partial charge in [0.15, 0.2) is 0 Å². The summed E-state index contributed by atoms with van der Waals surface area (Å²) >= 11 is 12.7. The van der Waals surface area contributed by atoms with E-state index < -0.39 is 44.6 Å². The molecule has 1 saturated heterocycles. The van der Waals surface area contributed by atoms with Crippen molar-refractivity contribution in [2.45, 2.75) is 6.92 Å². The van der Waals surface area contributed by atoms with Crippen LogP contribution in [0, 0.1) is 27.2 Å². The van der Waals surface area contributed by atoms with E-state index in [1.54, 1.807) is 25.1 Å². The fourth-order valence-electron chi connectivity index (χ4n) is 3.61. The second kappa shape index (κ2) is 10.9. The van der Waals surface area contributed by atoms with Crippen molar-refractivity contribution in [3.63, 3.8) is 0 Å². The van der Waals surface area contributed by atoms with Crippen molar-refractivity contribution in [3.05, 3.63) is 99.4 Å². The molecule has 4 rings (SSSR count). The highest BCUT2D eigenvalue weighted by molar-refractivity contribution is 9.11. The number of halogens is 3. The number of rotatable bonds is 6. The zero-order chi connectivity index (χ0) is 28.6. The first-order valence-electron chi connectivity index (χ1n) is 10.6. The van der Waals surface area contributed by atoms with Gasteiger partial charge in [0.2, 0.25) is 5.75 Å². The maximum absolute atomic E-state index is 13.4.